The molecule has 0 radical (unpaired) electrons. The third kappa shape index (κ3) is 4.53. The Bertz CT molecular complexity index is 1090. The second kappa shape index (κ2) is 8.27. The standard InChI is InChI=1S/C19H18ClN3O4S2/c20-14-5-3-13(4-6-14)17-12-16(21-27-17)19(24)23-9-7-15(8-10-23)22-29(25,26)18-2-1-11-28-18/h1-6,11-12,15,22H,7-10H2. The fourth-order valence-electron chi connectivity index (χ4n) is 3.18. The summed E-state index contributed by atoms with van der Waals surface area (Å²) in [6.45, 7) is 0.888. The average molecular weight is 452 g/mol. The molecule has 0 unspecified atom stereocenters. The summed E-state index contributed by atoms with van der Waals surface area (Å²) < 4.78 is 33.0. The van der Waals surface area contributed by atoms with Crippen molar-refractivity contribution in [2.45, 2.75) is 23.1 Å². The second-order valence-corrected chi connectivity index (χ2v) is 10.0. The summed E-state index contributed by atoms with van der Waals surface area (Å²) in [6, 6.07) is 11.8. The third-order valence-corrected chi connectivity index (χ3v) is 7.89. The molecule has 3 heterocycles. The van der Waals surface area contributed by atoms with E-state index in [0.29, 0.717) is 40.9 Å². The van der Waals surface area contributed by atoms with E-state index < -0.39 is 10.0 Å². The number of thiophene rings is 1. The predicted octanol–water partition coefficient (Wildman–Crippen LogP) is 3.64. The number of likely N-dealkylation sites (tertiary alicyclic amines) is 1. The summed E-state index contributed by atoms with van der Waals surface area (Å²) in [5.41, 5.74) is 1.01. The zero-order valence-corrected chi connectivity index (χ0v) is 17.6. The number of benzene rings is 1. The molecule has 0 aliphatic carbocycles. The van der Waals surface area contributed by atoms with Crippen molar-refractivity contribution in [3.05, 3.63) is 58.6 Å². The van der Waals surface area contributed by atoms with Gasteiger partial charge in [0.2, 0.25) is 10.0 Å². The molecule has 1 amide bonds. The Labute approximate surface area is 177 Å². The van der Waals surface area contributed by atoms with Crippen molar-refractivity contribution in [1.82, 2.24) is 14.8 Å². The van der Waals surface area contributed by atoms with E-state index >= 15 is 0 Å². The summed E-state index contributed by atoms with van der Waals surface area (Å²) in [6.07, 6.45) is 1.08. The van der Waals surface area contributed by atoms with Crippen LogP contribution in [-0.2, 0) is 10.0 Å². The van der Waals surface area contributed by atoms with Gasteiger partial charge in [0.25, 0.3) is 5.91 Å². The number of aromatic nitrogens is 1. The van der Waals surface area contributed by atoms with Crippen LogP contribution >= 0.6 is 22.9 Å². The van der Waals surface area contributed by atoms with Crippen molar-refractivity contribution < 1.29 is 17.7 Å². The molecule has 1 N–H and O–H groups in total. The van der Waals surface area contributed by atoms with Gasteiger partial charge in [-0.15, -0.1) is 11.3 Å². The van der Waals surface area contributed by atoms with Gasteiger partial charge in [0.1, 0.15) is 4.21 Å². The van der Waals surface area contributed by atoms with E-state index in [0.717, 1.165) is 5.56 Å². The number of carbonyl (C=O) groups excluding carboxylic acids is 1. The third-order valence-electron chi connectivity index (χ3n) is 4.72. The Balaban J connectivity index is 1.36. The van der Waals surface area contributed by atoms with Crippen LogP contribution in [0.2, 0.25) is 5.02 Å². The number of nitrogens with one attached hydrogen (secondary N) is 1. The second-order valence-electron chi connectivity index (χ2n) is 6.70. The number of sulfonamides is 1. The van der Waals surface area contributed by atoms with Crippen LogP contribution in [0.25, 0.3) is 11.3 Å². The van der Waals surface area contributed by atoms with Crippen LogP contribution in [0, 0.1) is 0 Å². The van der Waals surface area contributed by atoms with Gasteiger partial charge in [0.05, 0.1) is 0 Å². The predicted molar refractivity (Wildman–Crippen MR) is 111 cm³/mol. The lowest BCUT2D eigenvalue weighted by molar-refractivity contribution is 0.0701. The first-order chi connectivity index (χ1) is 13.9. The normalized spacial score (nSPS) is 15.6. The molecular formula is C19H18ClN3O4S2. The van der Waals surface area contributed by atoms with E-state index in [-0.39, 0.29) is 17.6 Å². The van der Waals surface area contributed by atoms with Crippen LogP contribution in [0.1, 0.15) is 23.3 Å². The highest BCUT2D eigenvalue weighted by Crippen LogP contribution is 2.24. The maximum atomic E-state index is 12.7. The van der Waals surface area contributed by atoms with E-state index in [9.17, 15) is 13.2 Å². The minimum absolute atomic E-state index is 0.201. The fourth-order valence-corrected chi connectivity index (χ4v) is 5.62. The van der Waals surface area contributed by atoms with Crippen LogP contribution in [0.15, 0.2) is 56.6 Å². The quantitative estimate of drug-likeness (QED) is 0.639. The molecule has 29 heavy (non-hydrogen) atoms. The van der Waals surface area contributed by atoms with E-state index in [1.54, 1.807) is 52.7 Å². The van der Waals surface area contributed by atoms with Gasteiger partial charge in [-0.1, -0.05) is 22.8 Å². The van der Waals surface area contributed by atoms with Gasteiger partial charge in [-0.2, -0.15) is 0 Å². The van der Waals surface area contributed by atoms with E-state index in [4.69, 9.17) is 16.1 Å². The number of rotatable bonds is 5. The summed E-state index contributed by atoms with van der Waals surface area (Å²) in [7, 11) is -3.51. The van der Waals surface area contributed by atoms with Gasteiger partial charge in [-0.05, 0) is 48.6 Å². The Morgan fingerprint density at radius 3 is 2.59 bits per heavy atom. The summed E-state index contributed by atoms with van der Waals surface area (Å²) in [4.78, 5) is 14.4. The van der Waals surface area contributed by atoms with Crippen molar-refractivity contribution in [1.29, 1.82) is 0 Å². The molecule has 7 nitrogen and oxygen atoms in total. The minimum atomic E-state index is -3.51. The topological polar surface area (TPSA) is 92.5 Å². The molecule has 0 saturated carbocycles. The van der Waals surface area contributed by atoms with Crippen LogP contribution in [0.4, 0.5) is 0 Å². The first kappa shape index (κ1) is 20.1. The Morgan fingerprint density at radius 2 is 1.93 bits per heavy atom. The number of halogens is 1. The van der Waals surface area contributed by atoms with Crippen molar-refractivity contribution in [3.63, 3.8) is 0 Å². The molecule has 3 aromatic rings. The van der Waals surface area contributed by atoms with Gasteiger partial charge in [0.15, 0.2) is 11.5 Å². The van der Waals surface area contributed by atoms with Crippen molar-refractivity contribution in [2.75, 3.05) is 13.1 Å². The average Bonchev–Trinajstić information content (AvgIpc) is 3.41. The van der Waals surface area contributed by atoms with Crippen LogP contribution in [0.5, 0.6) is 0 Å². The van der Waals surface area contributed by atoms with E-state index in [1.165, 1.54) is 11.3 Å². The fraction of sp³-hybridized carbons (Fsp3) is 0.263. The molecule has 4 rings (SSSR count). The van der Waals surface area contributed by atoms with Crippen LogP contribution < -0.4 is 4.72 Å². The molecule has 1 fully saturated rings. The summed E-state index contributed by atoms with van der Waals surface area (Å²) in [5, 5.41) is 6.23. The van der Waals surface area contributed by atoms with E-state index in [1.807, 2.05) is 0 Å². The molecule has 0 bridgehead atoms. The molecule has 2 aromatic heterocycles. The Hall–Kier alpha value is -2.20. The smallest absolute Gasteiger partial charge is 0.276 e. The van der Waals surface area contributed by atoms with Gasteiger partial charge in [-0.3, -0.25) is 4.79 Å². The zero-order chi connectivity index (χ0) is 20.4. The molecule has 0 spiro atoms. The lowest BCUT2D eigenvalue weighted by atomic mass is 10.1. The first-order valence-electron chi connectivity index (χ1n) is 9.00. The zero-order valence-electron chi connectivity index (χ0n) is 15.2. The Kier molecular flexibility index (Phi) is 5.73. The maximum Gasteiger partial charge on any atom is 0.276 e. The lowest BCUT2D eigenvalue weighted by Gasteiger charge is -2.31. The van der Waals surface area contributed by atoms with Crippen molar-refractivity contribution in [2.24, 2.45) is 0 Å². The number of hydrogen-bond donors (Lipinski definition) is 1. The highest BCUT2D eigenvalue weighted by Gasteiger charge is 2.28. The minimum Gasteiger partial charge on any atom is -0.355 e. The van der Waals surface area contributed by atoms with E-state index in [2.05, 4.69) is 9.88 Å². The first-order valence-corrected chi connectivity index (χ1v) is 11.7. The van der Waals surface area contributed by atoms with Gasteiger partial charge < -0.3 is 9.42 Å². The molecule has 0 atom stereocenters. The molecule has 1 saturated heterocycles. The lowest BCUT2D eigenvalue weighted by Crippen LogP contribution is -2.46. The monoisotopic (exact) mass is 451 g/mol. The summed E-state index contributed by atoms with van der Waals surface area (Å²) in [5.74, 6) is 0.261. The van der Waals surface area contributed by atoms with Crippen LogP contribution in [-0.4, -0.2) is 43.5 Å². The number of piperidine rings is 1. The van der Waals surface area contributed by atoms with Crippen molar-refractivity contribution >= 4 is 38.9 Å². The highest BCUT2D eigenvalue weighted by atomic mass is 35.5. The molecular weight excluding hydrogens is 434 g/mol. The largest absolute Gasteiger partial charge is 0.355 e. The molecule has 10 heteroatoms. The summed E-state index contributed by atoms with van der Waals surface area (Å²) >= 11 is 7.07. The molecule has 1 aliphatic heterocycles. The highest BCUT2D eigenvalue weighted by molar-refractivity contribution is 7.91. The van der Waals surface area contributed by atoms with Crippen molar-refractivity contribution in [3.8, 4) is 11.3 Å². The number of nitrogens with zero attached hydrogens (tertiary/aromatic N) is 2. The SMILES string of the molecule is O=C(c1cc(-c2ccc(Cl)cc2)on1)N1CCC(NS(=O)(=O)c2cccs2)CC1. The molecule has 1 aliphatic rings. The van der Waals surface area contributed by atoms with Gasteiger partial charge in [-0.25, -0.2) is 13.1 Å². The van der Waals surface area contributed by atoms with Gasteiger partial charge >= 0.3 is 0 Å². The number of hydrogen-bond acceptors (Lipinski definition) is 6. The maximum absolute atomic E-state index is 12.7. The Morgan fingerprint density at radius 1 is 1.21 bits per heavy atom. The molecule has 152 valence electrons. The van der Waals surface area contributed by atoms with Gasteiger partial charge in [0, 0.05) is 35.8 Å². The van der Waals surface area contributed by atoms with Crippen LogP contribution in [0.3, 0.4) is 0 Å². The number of amides is 1. The number of carbonyl (C=O) groups is 1. The molecule has 1 aromatic carbocycles.